The molecule has 1 heterocycles. The minimum atomic E-state index is -1.55. The van der Waals surface area contributed by atoms with Crippen molar-refractivity contribution in [1.82, 2.24) is 5.43 Å². The Hall–Kier alpha value is -1.22. The number of hydrogen-bond acceptors (Lipinski definition) is 7. The van der Waals surface area contributed by atoms with Crippen LogP contribution in [-0.4, -0.2) is 11.8 Å². The highest BCUT2D eigenvalue weighted by atomic mass is 17.3. The van der Waals surface area contributed by atoms with Gasteiger partial charge in [0.2, 0.25) is 5.79 Å². The number of hydrazine groups is 2. The molecule has 3 fully saturated rings. The number of benzene rings is 1. The zero-order chi connectivity index (χ0) is 17.7. The van der Waals surface area contributed by atoms with Gasteiger partial charge in [-0.05, 0) is 49.7 Å². The number of nitrogens with zero attached hydrogens (tertiary/aromatic N) is 1. The zero-order valence-electron chi connectivity index (χ0n) is 14.9. The van der Waals surface area contributed by atoms with Crippen LogP contribution in [0.15, 0.2) is 30.3 Å². The topological polar surface area (TPSA) is 95.0 Å². The molecule has 3 aliphatic rings. The number of rotatable bonds is 3. The Morgan fingerprint density at radius 3 is 2.56 bits per heavy atom. The van der Waals surface area contributed by atoms with Crippen molar-refractivity contribution in [2.75, 3.05) is 5.01 Å². The lowest BCUT2D eigenvalue weighted by molar-refractivity contribution is -0.381. The molecule has 2 aliphatic carbocycles. The van der Waals surface area contributed by atoms with Gasteiger partial charge >= 0.3 is 6.03 Å². The minimum absolute atomic E-state index is 0.197. The van der Waals surface area contributed by atoms with Crippen molar-refractivity contribution in [2.24, 2.45) is 35.4 Å². The van der Waals surface area contributed by atoms with Crippen molar-refractivity contribution in [3.8, 4) is 0 Å². The number of nitrogens with two attached hydrogens (primary N) is 2. The van der Waals surface area contributed by atoms with Gasteiger partial charge in [-0.3, -0.25) is 10.6 Å². The molecule has 2 saturated carbocycles. The van der Waals surface area contributed by atoms with E-state index in [0.717, 1.165) is 25.2 Å². The Balaban J connectivity index is 1.63. The molecule has 6 unspecified atom stereocenters. The second-order valence-electron chi connectivity index (χ2n) is 7.93. The molecule has 1 saturated heterocycles. The van der Waals surface area contributed by atoms with E-state index >= 15 is 0 Å². The lowest BCUT2D eigenvalue weighted by Crippen LogP contribution is -2.67. The molecule has 1 aromatic rings. The van der Waals surface area contributed by atoms with Crippen LogP contribution in [0.25, 0.3) is 0 Å². The number of para-hydroxylation sites is 1. The van der Waals surface area contributed by atoms with Crippen molar-refractivity contribution in [2.45, 2.75) is 51.4 Å². The molecule has 0 aromatic heterocycles. The van der Waals surface area contributed by atoms with Crippen LogP contribution in [0.5, 0.6) is 0 Å². The van der Waals surface area contributed by atoms with Gasteiger partial charge in [0.25, 0.3) is 0 Å². The second kappa shape index (κ2) is 6.19. The van der Waals surface area contributed by atoms with Crippen molar-refractivity contribution >= 4 is 5.69 Å². The van der Waals surface area contributed by atoms with Crippen LogP contribution in [-0.2, 0) is 14.5 Å². The van der Waals surface area contributed by atoms with Gasteiger partial charge in [0.1, 0.15) is 0 Å². The monoisotopic (exact) mass is 348 g/mol. The third-order valence-electron chi connectivity index (χ3n) is 6.10. The minimum Gasteiger partial charge on any atom is -0.280 e. The first kappa shape index (κ1) is 17.2. The van der Waals surface area contributed by atoms with E-state index in [4.69, 9.17) is 26.2 Å². The molecule has 4 rings (SSSR count). The quantitative estimate of drug-likeness (QED) is 0.334. The van der Waals surface area contributed by atoms with E-state index in [9.17, 15) is 0 Å². The van der Waals surface area contributed by atoms with Gasteiger partial charge in [0.15, 0.2) is 0 Å². The lowest BCUT2D eigenvalue weighted by atomic mass is 9.62. The summed E-state index contributed by atoms with van der Waals surface area (Å²) < 4.78 is 6.41. The smallest absolute Gasteiger partial charge is 0.280 e. The van der Waals surface area contributed by atoms with Gasteiger partial charge in [0, 0.05) is 11.8 Å². The summed E-state index contributed by atoms with van der Waals surface area (Å²) in [5.74, 6) is 13.1. The Labute approximate surface area is 148 Å². The maximum atomic E-state index is 6.41. The average molecular weight is 348 g/mol. The summed E-state index contributed by atoms with van der Waals surface area (Å²) in [6.07, 6.45) is 4.49. The molecule has 0 amide bonds. The van der Waals surface area contributed by atoms with Crippen molar-refractivity contribution in [3.63, 3.8) is 0 Å². The largest absolute Gasteiger partial charge is 0.373 e. The Morgan fingerprint density at radius 2 is 1.84 bits per heavy atom. The molecule has 2 bridgehead atoms. The molecule has 7 nitrogen and oxygen atoms in total. The van der Waals surface area contributed by atoms with E-state index in [1.54, 1.807) is 0 Å². The highest BCUT2D eigenvalue weighted by Gasteiger charge is 2.64. The summed E-state index contributed by atoms with van der Waals surface area (Å²) in [4.78, 5) is 11.5. The highest BCUT2D eigenvalue weighted by Crippen LogP contribution is 2.56. The third kappa shape index (κ3) is 2.66. The van der Waals surface area contributed by atoms with Gasteiger partial charge < -0.3 is 0 Å². The lowest BCUT2D eigenvalue weighted by Gasteiger charge is -2.50. The molecule has 7 heteroatoms. The van der Waals surface area contributed by atoms with Crippen molar-refractivity contribution in [3.05, 3.63) is 30.3 Å². The molecule has 138 valence electrons. The van der Waals surface area contributed by atoms with Crippen molar-refractivity contribution in [1.29, 1.82) is 0 Å². The van der Waals surface area contributed by atoms with E-state index in [0.29, 0.717) is 11.6 Å². The van der Waals surface area contributed by atoms with Crippen LogP contribution in [0.2, 0.25) is 0 Å². The fraction of sp³-hybridized carbons (Fsp3) is 0.667. The van der Waals surface area contributed by atoms with Gasteiger partial charge in [-0.25, -0.2) is 10.9 Å². The SMILES string of the molecule is CC1CC2CC(C)C3(OOC(NN)(N(N)c4ccccc4)O3)C(C1)C2. The Morgan fingerprint density at radius 1 is 1.08 bits per heavy atom. The maximum absolute atomic E-state index is 6.41. The molecule has 6 atom stereocenters. The normalized spacial score (nSPS) is 43.4. The highest BCUT2D eigenvalue weighted by molar-refractivity contribution is 5.45. The van der Waals surface area contributed by atoms with Gasteiger partial charge in [-0.1, -0.05) is 32.0 Å². The summed E-state index contributed by atoms with van der Waals surface area (Å²) in [6.45, 7) is 4.46. The predicted octanol–water partition coefficient (Wildman–Crippen LogP) is 2.21. The van der Waals surface area contributed by atoms with E-state index in [1.807, 2.05) is 30.3 Å². The summed E-state index contributed by atoms with van der Waals surface area (Å²) in [6, 6.07) is 7.87. The first-order valence-corrected chi connectivity index (χ1v) is 9.14. The van der Waals surface area contributed by atoms with Crippen LogP contribution in [0.3, 0.4) is 0 Å². The standard InChI is InChI=1S/C18H28N4O3/c1-12-8-14-10-13(2)17(15(9-12)11-14)23-18(21-19,25-24-17)22(20)16-6-4-3-5-7-16/h3-7,12-15,21H,8-11,19-20H2,1-2H3. The molecule has 0 radical (unpaired) electrons. The van der Waals surface area contributed by atoms with Gasteiger partial charge in [-0.2, -0.15) is 15.2 Å². The molecule has 5 N–H and O–H groups in total. The van der Waals surface area contributed by atoms with Crippen LogP contribution >= 0.6 is 0 Å². The average Bonchev–Trinajstić information content (AvgIpc) is 3.03. The third-order valence-corrected chi connectivity index (χ3v) is 6.10. The van der Waals surface area contributed by atoms with E-state index in [-0.39, 0.29) is 11.8 Å². The van der Waals surface area contributed by atoms with Crippen LogP contribution < -0.4 is 22.1 Å². The van der Waals surface area contributed by atoms with E-state index < -0.39 is 11.8 Å². The summed E-state index contributed by atoms with van der Waals surface area (Å²) in [5.41, 5.74) is 3.29. The fourth-order valence-electron chi connectivity index (χ4n) is 5.01. The summed E-state index contributed by atoms with van der Waals surface area (Å²) in [5, 5.41) is 1.34. The first-order chi connectivity index (χ1) is 12.0. The number of anilines is 1. The Bertz CT molecular complexity index is 614. The second-order valence-corrected chi connectivity index (χ2v) is 7.93. The number of fused-ring (bicyclic) bond motifs is 3. The molecule has 1 spiro atoms. The van der Waals surface area contributed by atoms with E-state index in [1.165, 1.54) is 11.4 Å². The van der Waals surface area contributed by atoms with Crippen LogP contribution in [0, 0.1) is 23.7 Å². The summed E-state index contributed by atoms with van der Waals surface area (Å²) in [7, 11) is 0. The molecule has 1 aliphatic heterocycles. The van der Waals surface area contributed by atoms with Crippen LogP contribution in [0.4, 0.5) is 5.69 Å². The van der Waals surface area contributed by atoms with Gasteiger partial charge in [0.05, 0.1) is 5.69 Å². The number of ether oxygens (including phenoxy) is 1. The fourth-order valence-corrected chi connectivity index (χ4v) is 5.01. The molecular formula is C18H28N4O3. The first-order valence-electron chi connectivity index (χ1n) is 9.14. The predicted molar refractivity (Wildman–Crippen MR) is 92.9 cm³/mol. The molecular weight excluding hydrogens is 320 g/mol. The number of hydrogen-bond donors (Lipinski definition) is 3. The molecule has 1 aromatic carbocycles. The summed E-state index contributed by atoms with van der Waals surface area (Å²) >= 11 is 0. The van der Waals surface area contributed by atoms with Crippen molar-refractivity contribution < 1.29 is 14.5 Å². The maximum Gasteiger partial charge on any atom is 0.373 e. The zero-order valence-corrected chi connectivity index (χ0v) is 14.9. The molecule has 25 heavy (non-hydrogen) atoms. The number of nitrogens with one attached hydrogen (secondary N) is 1. The van der Waals surface area contributed by atoms with E-state index in [2.05, 4.69) is 19.3 Å². The Kier molecular flexibility index (Phi) is 4.26. The van der Waals surface area contributed by atoms with Gasteiger partial charge in [-0.15, -0.1) is 0 Å². The van der Waals surface area contributed by atoms with Crippen LogP contribution in [0.1, 0.15) is 39.5 Å².